The Morgan fingerprint density at radius 3 is 2.61 bits per heavy atom. The van der Waals surface area contributed by atoms with Gasteiger partial charge in [-0.25, -0.2) is 0 Å². The highest BCUT2D eigenvalue weighted by Gasteiger charge is 2.59. The van der Waals surface area contributed by atoms with Crippen molar-refractivity contribution in [2.45, 2.75) is 56.6 Å². The molecule has 1 aliphatic carbocycles. The number of benzene rings is 2. The maximum atomic E-state index is 13.8. The smallest absolute Gasteiger partial charge is 0.254 e. The number of methoxy groups -OCH3 is 2. The minimum Gasteiger partial charge on any atom is -0.497 e. The molecule has 1 amide bonds. The van der Waals surface area contributed by atoms with Crippen LogP contribution in [0.5, 0.6) is 5.75 Å². The number of fused-ring (bicyclic) bond motifs is 1. The zero-order chi connectivity index (χ0) is 25.8. The average Bonchev–Trinajstić information content (AvgIpc) is 2.91. The van der Waals surface area contributed by atoms with Gasteiger partial charge in [0.15, 0.2) is 0 Å². The van der Waals surface area contributed by atoms with Gasteiger partial charge in [-0.3, -0.25) is 9.69 Å². The van der Waals surface area contributed by atoms with Crippen molar-refractivity contribution in [3.8, 4) is 5.75 Å². The van der Waals surface area contributed by atoms with Crippen LogP contribution in [-0.4, -0.2) is 67.7 Å². The number of amides is 1. The molecule has 1 aliphatic heterocycles. The Balaban J connectivity index is 1.77. The second kappa shape index (κ2) is 11.2. The first-order valence-electron chi connectivity index (χ1n) is 13.3. The Labute approximate surface area is 217 Å². The van der Waals surface area contributed by atoms with Crippen LogP contribution in [0.3, 0.4) is 0 Å². The fraction of sp³-hybridized carbons (Fsp3) is 0.516. The lowest BCUT2D eigenvalue weighted by molar-refractivity contribution is -0.153. The molecule has 5 nitrogen and oxygen atoms in total. The normalized spacial score (nSPS) is 26.3. The van der Waals surface area contributed by atoms with Crippen molar-refractivity contribution in [2.24, 2.45) is 5.92 Å². The van der Waals surface area contributed by atoms with Gasteiger partial charge in [0, 0.05) is 43.8 Å². The Bertz CT molecular complexity index is 1040. The summed E-state index contributed by atoms with van der Waals surface area (Å²) in [6.45, 7) is 11.8. The third-order valence-corrected chi connectivity index (χ3v) is 8.36. The largest absolute Gasteiger partial charge is 0.497 e. The van der Waals surface area contributed by atoms with Crippen LogP contribution in [0.1, 0.15) is 55.5 Å². The summed E-state index contributed by atoms with van der Waals surface area (Å²) in [6.07, 6.45) is 5.65. The highest BCUT2D eigenvalue weighted by molar-refractivity contribution is 5.94. The van der Waals surface area contributed by atoms with Gasteiger partial charge in [-0.2, -0.15) is 0 Å². The number of carbonyl (C=O) groups excluding carboxylic acids is 1. The molecule has 194 valence electrons. The second-order valence-electron chi connectivity index (χ2n) is 10.9. The lowest BCUT2D eigenvalue weighted by atomic mass is 9.55. The summed E-state index contributed by atoms with van der Waals surface area (Å²) in [7, 11) is 3.59. The number of rotatable bonds is 9. The summed E-state index contributed by atoms with van der Waals surface area (Å²) in [5.41, 5.74) is 1.46. The van der Waals surface area contributed by atoms with Gasteiger partial charge in [0.05, 0.1) is 12.7 Å². The van der Waals surface area contributed by atoms with Crippen LogP contribution in [0.2, 0.25) is 0 Å². The van der Waals surface area contributed by atoms with E-state index in [-0.39, 0.29) is 23.0 Å². The molecule has 1 saturated heterocycles. The first-order valence-corrected chi connectivity index (χ1v) is 13.3. The minimum absolute atomic E-state index is 0.129. The van der Waals surface area contributed by atoms with Crippen LogP contribution in [0.25, 0.3) is 0 Å². The lowest BCUT2D eigenvalue weighted by Gasteiger charge is -2.60. The van der Waals surface area contributed by atoms with Crippen LogP contribution in [0.4, 0.5) is 0 Å². The molecule has 2 aliphatic rings. The molecular formula is C31H42N2O3. The quantitative estimate of drug-likeness (QED) is 0.432. The molecule has 2 unspecified atom stereocenters. The van der Waals surface area contributed by atoms with Crippen molar-refractivity contribution in [2.75, 3.05) is 40.4 Å². The predicted molar refractivity (Wildman–Crippen MR) is 146 cm³/mol. The first-order chi connectivity index (χ1) is 17.4. The fourth-order valence-corrected chi connectivity index (χ4v) is 6.63. The topological polar surface area (TPSA) is 42.0 Å². The molecule has 0 N–H and O–H groups in total. The summed E-state index contributed by atoms with van der Waals surface area (Å²) in [5.74, 6) is 1.38. The molecular weight excluding hydrogens is 448 g/mol. The summed E-state index contributed by atoms with van der Waals surface area (Å²) < 4.78 is 12.2. The molecule has 5 heteroatoms. The standard InChI is InChI=1S/C31H42N2O3/c1-6-18-32-19-17-30(26-13-10-14-28(20-26)35-4)21-27(15-16-31(30,23-32)36-5)33(22-24(2)3)29(34)25-11-8-7-9-12-25/h6-14,20,24,27H,1,15-19,21-23H2,2-5H3/t27-,30?,31?/m1/s1. The van der Waals surface area contributed by atoms with Gasteiger partial charge >= 0.3 is 0 Å². The molecule has 1 saturated carbocycles. The first kappa shape index (κ1) is 26.4. The highest BCUT2D eigenvalue weighted by atomic mass is 16.5. The van der Waals surface area contributed by atoms with Crippen LogP contribution in [-0.2, 0) is 10.2 Å². The summed E-state index contributed by atoms with van der Waals surface area (Å²) in [5, 5.41) is 0. The summed E-state index contributed by atoms with van der Waals surface area (Å²) >= 11 is 0. The monoisotopic (exact) mass is 490 g/mol. The molecule has 2 aromatic carbocycles. The molecule has 2 aromatic rings. The molecule has 36 heavy (non-hydrogen) atoms. The van der Waals surface area contributed by atoms with E-state index in [0.717, 1.165) is 63.2 Å². The molecule has 0 bridgehead atoms. The van der Waals surface area contributed by atoms with E-state index in [2.05, 4.69) is 48.4 Å². The van der Waals surface area contributed by atoms with E-state index in [0.29, 0.717) is 5.92 Å². The van der Waals surface area contributed by atoms with Crippen molar-refractivity contribution >= 4 is 5.91 Å². The van der Waals surface area contributed by atoms with Crippen molar-refractivity contribution in [1.82, 2.24) is 9.80 Å². The van der Waals surface area contributed by atoms with Gasteiger partial charge < -0.3 is 14.4 Å². The molecule has 0 spiro atoms. The van der Waals surface area contributed by atoms with Crippen molar-refractivity contribution in [3.05, 3.63) is 78.4 Å². The molecule has 3 atom stereocenters. The zero-order valence-corrected chi connectivity index (χ0v) is 22.4. The maximum absolute atomic E-state index is 13.8. The minimum atomic E-state index is -0.337. The molecule has 1 heterocycles. The van der Waals surface area contributed by atoms with Crippen LogP contribution in [0, 0.1) is 5.92 Å². The number of piperidine rings is 1. The highest BCUT2D eigenvalue weighted by Crippen LogP contribution is 2.54. The molecule has 4 rings (SSSR count). The third-order valence-electron chi connectivity index (χ3n) is 8.36. The fourth-order valence-electron chi connectivity index (χ4n) is 6.63. The van der Waals surface area contributed by atoms with Gasteiger partial charge in [0.2, 0.25) is 0 Å². The van der Waals surface area contributed by atoms with Crippen molar-refractivity contribution in [1.29, 1.82) is 0 Å². The van der Waals surface area contributed by atoms with Crippen LogP contribution < -0.4 is 4.74 Å². The van der Waals surface area contributed by atoms with E-state index in [4.69, 9.17) is 9.47 Å². The van der Waals surface area contributed by atoms with E-state index in [1.165, 1.54) is 5.56 Å². The summed E-state index contributed by atoms with van der Waals surface area (Å²) in [4.78, 5) is 18.4. The number of hydrogen-bond acceptors (Lipinski definition) is 4. The number of likely N-dealkylation sites (tertiary alicyclic amines) is 1. The van der Waals surface area contributed by atoms with Gasteiger partial charge in [0.25, 0.3) is 5.91 Å². The van der Waals surface area contributed by atoms with Gasteiger partial charge in [0.1, 0.15) is 5.75 Å². The number of nitrogens with zero attached hydrogens (tertiary/aromatic N) is 2. The SMILES string of the molecule is C=CCN1CCC2(c3cccc(OC)c3)C[C@H](N(CC(C)C)C(=O)c3ccccc3)CCC2(OC)C1. The van der Waals surface area contributed by atoms with Gasteiger partial charge in [-0.1, -0.05) is 50.3 Å². The van der Waals surface area contributed by atoms with Gasteiger partial charge in [-0.05, 0) is 68.0 Å². The Morgan fingerprint density at radius 2 is 1.94 bits per heavy atom. The predicted octanol–water partition coefficient (Wildman–Crippen LogP) is 5.56. The van der Waals surface area contributed by atoms with E-state index in [1.54, 1.807) is 7.11 Å². The van der Waals surface area contributed by atoms with Crippen LogP contribution in [0.15, 0.2) is 67.3 Å². The Hall–Kier alpha value is -2.63. The van der Waals surface area contributed by atoms with Crippen LogP contribution >= 0.6 is 0 Å². The summed E-state index contributed by atoms with van der Waals surface area (Å²) in [6, 6.07) is 18.4. The Morgan fingerprint density at radius 1 is 1.17 bits per heavy atom. The average molecular weight is 491 g/mol. The maximum Gasteiger partial charge on any atom is 0.254 e. The van der Waals surface area contributed by atoms with E-state index in [9.17, 15) is 4.79 Å². The van der Waals surface area contributed by atoms with Crippen molar-refractivity contribution < 1.29 is 14.3 Å². The second-order valence-corrected chi connectivity index (χ2v) is 10.9. The Kier molecular flexibility index (Phi) is 8.21. The van der Waals surface area contributed by atoms with E-state index < -0.39 is 0 Å². The van der Waals surface area contributed by atoms with E-state index >= 15 is 0 Å². The number of ether oxygens (including phenoxy) is 2. The van der Waals surface area contributed by atoms with Crippen molar-refractivity contribution in [3.63, 3.8) is 0 Å². The third kappa shape index (κ3) is 4.96. The zero-order valence-electron chi connectivity index (χ0n) is 22.4. The molecule has 0 aromatic heterocycles. The van der Waals surface area contributed by atoms with Gasteiger partial charge in [-0.15, -0.1) is 6.58 Å². The molecule has 2 fully saturated rings. The lowest BCUT2D eigenvalue weighted by Crippen LogP contribution is -2.68. The van der Waals surface area contributed by atoms with E-state index in [1.807, 2.05) is 49.6 Å². The number of carbonyl (C=O) groups is 1. The molecule has 0 radical (unpaired) electrons. The number of hydrogen-bond donors (Lipinski definition) is 0.